The summed E-state index contributed by atoms with van der Waals surface area (Å²) in [7, 11) is 0. The van der Waals surface area contributed by atoms with Crippen molar-refractivity contribution in [2.45, 2.75) is 50.8 Å². The molecule has 10 heavy (non-hydrogen) atoms. The van der Waals surface area contributed by atoms with E-state index in [9.17, 15) is 0 Å². The van der Waals surface area contributed by atoms with Crippen LogP contribution in [0.3, 0.4) is 0 Å². The van der Waals surface area contributed by atoms with Gasteiger partial charge in [0, 0.05) is 10.3 Å². The maximum Gasteiger partial charge on any atom is 0.00975 e. The van der Waals surface area contributed by atoms with Crippen molar-refractivity contribution < 1.29 is 0 Å². The Kier molecular flexibility index (Phi) is 3.24. The third kappa shape index (κ3) is 8.31. The molecule has 0 radical (unpaired) electrons. The van der Waals surface area contributed by atoms with Crippen LogP contribution in [0.25, 0.3) is 0 Å². The molecular weight excluding hydrogens is 142 g/mol. The van der Waals surface area contributed by atoms with Gasteiger partial charge in [-0.15, -0.1) is 0 Å². The van der Waals surface area contributed by atoms with Gasteiger partial charge in [-0.3, -0.25) is 0 Å². The fourth-order valence-corrected chi connectivity index (χ4v) is 0.740. The first-order chi connectivity index (χ1) is 4.21. The van der Waals surface area contributed by atoms with Crippen LogP contribution in [0.2, 0.25) is 0 Å². The maximum atomic E-state index is 5.81. The van der Waals surface area contributed by atoms with E-state index in [0.717, 1.165) is 12.8 Å². The number of hydrogen-bond acceptors (Lipinski definition) is 2. The van der Waals surface area contributed by atoms with Gasteiger partial charge < -0.3 is 5.73 Å². The zero-order valence-electron chi connectivity index (χ0n) is 7.44. The summed E-state index contributed by atoms with van der Waals surface area (Å²) in [6.45, 7) is 8.32. The van der Waals surface area contributed by atoms with Crippen LogP contribution in [0.15, 0.2) is 0 Å². The largest absolute Gasteiger partial charge is 0.326 e. The highest BCUT2D eigenvalue weighted by atomic mass is 32.1. The minimum Gasteiger partial charge on any atom is -0.326 e. The van der Waals surface area contributed by atoms with Gasteiger partial charge in [0.25, 0.3) is 0 Å². The molecule has 0 spiro atoms. The summed E-state index contributed by atoms with van der Waals surface area (Å²) in [6.07, 6.45) is 2.10. The number of rotatable bonds is 3. The second kappa shape index (κ2) is 3.14. The molecule has 0 aromatic rings. The smallest absolute Gasteiger partial charge is 0.00975 e. The molecule has 0 unspecified atom stereocenters. The summed E-state index contributed by atoms with van der Waals surface area (Å²) in [5.41, 5.74) is 5.77. The highest BCUT2D eigenvalue weighted by Gasteiger charge is 2.17. The van der Waals surface area contributed by atoms with Crippen molar-refractivity contribution in [1.82, 2.24) is 0 Å². The molecule has 2 heteroatoms. The summed E-state index contributed by atoms with van der Waals surface area (Å²) in [5.74, 6) is 0. The van der Waals surface area contributed by atoms with Crippen LogP contribution in [-0.2, 0) is 0 Å². The van der Waals surface area contributed by atoms with Gasteiger partial charge in [-0.05, 0) is 26.7 Å². The fraction of sp³-hybridized carbons (Fsp3) is 1.00. The fourth-order valence-electron chi connectivity index (χ4n) is 0.628. The van der Waals surface area contributed by atoms with Crippen LogP contribution in [0.4, 0.5) is 0 Å². The third-order valence-electron chi connectivity index (χ3n) is 1.38. The maximum absolute atomic E-state index is 5.81. The monoisotopic (exact) mass is 161 g/mol. The average Bonchev–Trinajstić information content (AvgIpc) is 1.57. The number of hydrogen-bond donors (Lipinski definition) is 2. The van der Waals surface area contributed by atoms with E-state index in [2.05, 4.69) is 26.5 Å². The molecule has 0 fully saturated rings. The van der Waals surface area contributed by atoms with Crippen molar-refractivity contribution in [2.75, 3.05) is 0 Å². The lowest BCUT2D eigenvalue weighted by Gasteiger charge is -2.24. The van der Waals surface area contributed by atoms with Gasteiger partial charge in [-0.25, -0.2) is 0 Å². The average molecular weight is 161 g/mol. The number of nitrogens with two attached hydrogens (primary N) is 1. The first-order valence-corrected chi connectivity index (χ1v) is 4.17. The normalized spacial score (nSPS) is 13.8. The van der Waals surface area contributed by atoms with E-state index in [1.54, 1.807) is 0 Å². The Labute approximate surface area is 69.8 Å². The van der Waals surface area contributed by atoms with Gasteiger partial charge in [0.2, 0.25) is 0 Å². The lowest BCUT2D eigenvalue weighted by atomic mass is 9.95. The molecule has 0 aromatic heterocycles. The molecule has 0 aromatic carbocycles. The highest BCUT2D eigenvalue weighted by molar-refractivity contribution is 7.81. The van der Waals surface area contributed by atoms with E-state index in [4.69, 9.17) is 5.73 Å². The van der Waals surface area contributed by atoms with E-state index in [1.807, 2.05) is 13.8 Å². The Hall–Kier alpha value is 0.310. The van der Waals surface area contributed by atoms with Gasteiger partial charge in [0.05, 0.1) is 0 Å². The van der Waals surface area contributed by atoms with Gasteiger partial charge in [0.15, 0.2) is 0 Å². The Balaban J connectivity index is 3.56. The molecule has 0 amide bonds. The standard InChI is InChI=1S/C8H19NS/c1-7(2,9)5-6-8(3,4)10/h10H,5-6,9H2,1-4H3. The van der Waals surface area contributed by atoms with E-state index < -0.39 is 0 Å². The highest BCUT2D eigenvalue weighted by Crippen LogP contribution is 2.22. The lowest BCUT2D eigenvalue weighted by molar-refractivity contribution is 0.431. The molecule has 0 heterocycles. The first kappa shape index (κ1) is 10.3. The molecule has 0 bridgehead atoms. The van der Waals surface area contributed by atoms with Crippen LogP contribution < -0.4 is 5.73 Å². The zero-order chi connectivity index (χ0) is 8.41. The molecule has 0 atom stereocenters. The van der Waals surface area contributed by atoms with Gasteiger partial charge in [-0.2, -0.15) is 12.6 Å². The predicted molar refractivity (Wildman–Crippen MR) is 50.6 cm³/mol. The van der Waals surface area contributed by atoms with E-state index >= 15 is 0 Å². The summed E-state index contributed by atoms with van der Waals surface area (Å²) in [4.78, 5) is 0. The first-order valence-electron chi connectivity index (χ1n) is 3.72. The molecule has 0 aliphatic carbocycles. The predicted octanol–water partition coefficient (Wildman–Crippen LogP) is 2.21. The minimum atomic E-state index is -0.0417. The summed E-state index contributed by atoms with van der Waals surface area (Å²) in [5, 5.41) is 0. The Morgan fingerprint density at radius 3 is 1.60 bits per heavy atom. The molecule has 2 N–H and O–H groups in total. The molecular formula is C8H19NS. The van der Waals surface area contributed by atoms with E-state index in [-0.39, 0.29) is 10.3 Å². The summed E-state index contributed by atoms with van der Waals surface area (Å²) >= 11 is 4.41. The van der Waals surface area contributed by atoms with Crippen molar-refractivity contribution in [1.29, 1.82) is 0 Å². The van der Waals surface area contributed by atoms with E-state index in [1.165, 1.54) is 0 Å². The molecule has 1 nitrogen and oxygen atoms in total. The Morgan fingerprint density at radius 2 is 1.50 bits per heavy atom. The van der Waals surface area contributed by atoms with E-state index in [0.29, 0.717) is 0 Å². The second-order valence-electron chi connectivity index (χ2n) is 4.30. The van der Waals surface area contributed by atoms with Crippen LogP contribution in [-0.4, -0.2) is 10.3 Å². The van der Waals surface area contributed by atoms with Crippen molar-refractivity contribution in [2.24, 2.45) is 5.73 Å². The summed E-state index contributed by atoms with van der Waals surface area (Å²) in [6, 6.07) is 0. The topological polar surface area (TPSA) is 26.0 Å². The van der Waals surface area contributed by atoms with Crippen molar-refractivity contribution >= 4 is 12.6 Å². The van der Waals surface area contributed by atoms with Gasteiger partial charge >= 0.3 is 0 Å². The Bertz CT molecular complexity index is 82.8. The van der Waals surface area contributed by atoms with Crippen molar-refractivity contribution in [3.05, 3.63) is 0 Å². The molecule has 0 saturated heterocycles. The third-order valence-corrected chi connectivity index (χ3v) is 1.60. The number of thiol groups is 1. The van der Waals surface area contributed by atoms with Crippen LogP contribution in [0.5, 0.6) is 0 Å². The quantitative estimate of drug-likeness (QED) is 0.610. The van der Waals surface area contributed by atoms with Crippen molar-refractivity contribution in [3.63, 3.8) is 0 Å². The SMILES string of the molecule is CC(C)(N)CCC(C)(C)S. The van der Waals surface area contributed by atoms with Crippen LogP contribution in [0.1, 0.15) is 40.5 Å². The van der Waals surface area contributed by atoms with Gasteiger partial charge in [-0.1, -0.05) is 13.8 Å². The van der Waals surface area contributed by atoms with Crippen molar-refractivity contribution in [3.8, 4) is 0 Å². The molecule has 0 aliphatic rings. The lowest BCUT2D eigenvalue weighted by Crippen LogP contribution is -2.33. The van der Waals surface area contributed by atoms with Gasteiger partial charge in [0.1, 0.15) is 0 Å². The Morgan fingerprint density at radius 1 is 1.10 bits per heavy atom. The van der Waals surface area contributed by atoms with Crippen LogP contribution >= 0.6 is 12.6 Å². The molecule has 0 aliphatic heterocycles. The molecule has 62 valence electrons. The van der Waals surface area contributed by atoms with Crippen LogP contribution in [0, 0.1) is 0 Å². The zero-order valence-corrected chi connectivity index (χ0v) is 8.33. The second-order valence-corrected chi connectivity index (χ2v) is 5.51. The minimum absolute atomic E-state index is 0.0417. The summed E-state index contributed by atoms with van der Waals surface area (Å²) < 4.78 is 0.122. The molecule has 0 saturated carbocycles. The molecule has 0 rings (SSSR count).